The van der Waals surface area contributed by atoms with Crippen molar-refractivity contribution in [1.29, 1.82) is 0 Å². The number of alkyl halides is 18. The summed E-state index contributed by atoms with van der Waals surface area (Å²) in [6, 6.07) is 0. The van der Waals surface area contributed by atoms with Crippen molar-refractivity contribution in [3.8, 4) is 0 Å². The van der Waals surface area contributed by atoms with Crippen LogP contribution < -0.4 is 0 Å². The summed E-state index contributed by atoms with van der Waals surface area (Å²) in [5.74, 6) is -61.5. The van der Waals surface area contributed by atoms with E-state index in [4.69, 9.17) is 0 Å². The first-order valence-corrected chi connectivity index (χ1v) is 11.6. The van der Waals surface area contributed by atoms with Crippen LogP contribution in [0.1, 0.15) is 27.2 Å². The summed E-state index contributed by atoms with van der Waals surface area (Å²) >= 11 is 0. The molecule has 0 aliphatic carbocycles. The van der Waals surface area contributed by atoms with E-state index in [2.05, 4.69) is 13.3 Å². The molecule has 0 aliphatic heterocycles. The summed E-state index contributed by atoms with van der Waals surface area (Å²) in [5, 5.41) is 0. The fourth-order valence-electron chi connectivity index (χ4n) is 2.67. The molecule has 0 fully saturated rings. The highest BCUT2D eigenvalue weighted by Crippen LogP contribution is 2.64. The van der Waals surface area contributed by atoms with Crippen LogP contribution >= 0.6 is 0 Å². The van der Waals surface area contributed by atoms with Gasteiger partial charge in [-0.15, -0.1) is 0 Å². The Labute approximate surface area is 202 Å². The van der Waals surface area contributed by atoms with Crippen LogP contribution in [0.4, 0.5) is 79.0 Å². The van der Waals surface area contributed by atoms with Gasteiger partial charge >= 0.3 is 56.4 Å². The Balaban J connectivity index is 6.74. The second kappa shape index (κ2) is 11.0. The number of hydrogen-bond acceptors (Lipinski definition) is 3. The van der Waals surface area contributed by atoms with Gasteiger partial charge in [0.2, 0.25) is 0 Å². The van der Waals surface area contributed by atoms with Gasteiger partial charge in [0.15, 0.2) is 5.79 Å². The van der Waals surface area contributed by atoms with Crippen molar-refractivity contribution < 1.29 is 92.3 Å². The Morgan fingerprint density at radius 1 is 0.474 bits per heavy atom. The van der Waals surface area contributed by atoms with Crippen LogP contribution in [0, 0.1) is 0 Å². The second-order valence-electron chi connectivity index (χ2n) is 7.22. The highest BCUT2D eigenvalue weighted by molar-refractivity contribution is 6.62. The van der Waals surface area contributed by atoms with E-state index in [0.717, 1.165) is 20.8 Å². The van der Waals surface area contributed by atoms with Crippen LogP contribution in [-0.2, 0) is 13.3 Å². The van der Waals surface area contributed by atoms with Gasteiger partial charge in [0.1, 0.15) is 0 Å². The zero-order valence-electron chi connectivity index (χ0n) is 18.9. The molecule has 0 aromatic carbocycles. The van der Waals surface area contributed by atoms with E-state index in [9.17, 15) is 79.0 Å². The molecule has 0 rings (SSSR count). The standard InChI is InChI=1S/C16H18F18O3Si/c1-4-35-38(36-5-2,37-6-3)8(17)7-9(18,19)10(20,21)11(22,23)12(24,25)13(26,27)14(28,29)15(30,31)16(32,33)34/h8H,4-7H2,1-3H3. The number of halogens is 18. The summed E-state index contributed by atoms with van der Waals surface area (Å²) in [7, 11) is -5.21. The third kappa shape index (κ3) is 5.54. The van der Waals surface area contributed by atoms with Crippen molar-refractivity contribution in [2.75, 3.05) is 19.8 Å². The molecule has 0 bridgehead atoms. The van der Waals surface area contributed by atoms with Gasteiger partial charge in [0, 0.05) is 19.8 Å². The average molecular weight is 628 g/mol. The second-order valence-corrected chi connectivity index (χ2v) is 9.92. The number of rotatable bonds is 15. The molecule has 0 radical (unpaired) electrons. The molecular weight excluding hydrogens is 610 g/mol. The molecule has 38 heavy (non-hydrogen) atoms. The van der Waals surface area contributed by atoms with Crippen LogP contribution in [-0.4, -0.2) is 82.1 Å². The van der Waals surface area contributed by atoms with E-state index in [-0.39, 0.29) is 0 Å². The lowest BCUT2D eigenvalue weighted by Crippen LogP contribution is -2.74. The average Bonchev–Trinajstić information content (AvgIpc) is 2.72. The highest BCUT2D eigenvalue weighted by atomic mass is 28.4. The van der Waals surface area contributed by atoms with Crippen LogP contribution in [0.2, 0.25) is 0 Å². The molecule has 0 amide bonds. The highest BCUT2D eigenvalue weighted by Gasteiger charge is 2.95. The topological polar surface area (TPSA) is 27.7 Å². The fourth-order valence-corrected chi connectivity index (χ4v) is 5.18. The maximum Gasteiger partial charge on any atom is 0.537 e. The third-order valence-electron chi connectivity index (χ3n) is 4.64. The van der Waals surface area contributed by atoms with Gasteiger partial charge in [-0.2, -0.15) is 74.6 Å². The minimum atomic E-state index is -8.75. The van der Waals surface area contributed by atoms with E-state index < -0.39 is 88.5 Å². The van der Waals surface area contributed by atoms with E-state index in [1.54, 1.807) is 0 Å². The summed E-state index contributed by atoms with van der Waals surface area (Å²) < 4.78 is 255. The van der Waals surface area contributed by atoms with Gasteiger partial charge in [0.05, 0.1) is 6.42 Å². The van der Waals surface area contributed by atoms with Crippen molar-refractivity contribution in [3.05, 3.63) is 0 Å². The maximum absolute atomic E-state index is 14.7. The first kappa shape index (κ1) is 36.8. The Morgan fingerprint density at radius 2 is 0.737 bits per heavy atom. The van der Waals surface area contributed by atoms with Gasteiger partial charge in [-0.1, -0.05) is 0 Å². The minimum absolute atomic E-state index is 0.669. The molecule has 0 N–H and O–H groups in total. The fraction of sp³-hybridized carbons (Fsp3) is 1.00. The molecule has 1 unspecified atom stereocenters. The van der Waals surface area contributed by atoms with E-state index >= 15 is 0 Å². The van der Waals surface area contributed by atoms with E-state index in [0.29, 0.717) is 0 Å². The van der Waals surface area contributed by atoms with Crippen molar-refractivity contribution in [1.82, 2.24) is 0 Å². The van der Waals surface area contributed by atoms with Gasteiger partial charge in [-0.25, -0.2) is 4.39 Å². The Bertz CT molecular complexity index is 767. The Hall–Kier alpha value is -1.16. The monoisotopic (exact) mass is 628 g/mol. The summed E-state index contributed by atoms with van der Waals surface area (Å²) in [5.41, 5.74) is 0. The molecular formula is C16H18F18O3Si. The molecule has 0 aromatic heterocycles. The maximum atomic E-state index is 14.7. The zero-order valence-corrected chi connectivity index (χ0v) is 19.9. The first-order valence-electron chi connectivity index (χ1n) is 9.83. The molecule has 3 nitrogen and oxygen atoms in total. The third-order valence-corrected chi connectivity index (χ3v) is 7.69. The van der Waals surface area contributed by atoms with Gasteiger partial charge in [-0.05, 0) is 20.8 Å². The normalized spacial score (nSPS) is 16.7. The van der Waals surface area contributed by atoms with Crippen molar-refractivity contribution in [2.24, 2.45) is 0 Å². The van der Waals surface area contributed by atoms with Crippen molar-refractivity contribution in [2.45, 2.75) is 80.6 Å². The quantitative estimate of drug-likeness (QED) is 0.141. The van der Waals surface area contributed by atoms with Crippen LogP contribution in [0.25, 0.3) is 0 Å². The molecule has 0 spiro atoms. The first-order chi connectivity index (χ1) is 16.6. The lowest BCUT2D eigenvalue weighted by Gasteiger charge is -2.43. The molecule has 0 saturated carbocycles. The summed E-state index contributed by atoms with van der Waals surface area (Å²) in [4.78, 5) is 0. The smallest absolute Gasteiger partial charge is 0.372 e. The van der Waals surface area contributed by atoms with Crippen molar-refractivity contribution in [3.63, 3.8) is 0 Å². The lowest BCUT2D eigenvalue weighted by molar-refractivity contribution is -0.462. The molecule has 0 aromatic rings. The lowest BCUT2D eigenvalue weighted by atomic mass is 9.88. The predicted octanol–water partition coefficient (Wildman–Crippen LogP) is 7.31. The predicted molar refractivity (Wildman–Crippen MR) is 90.8 cm³/mol. The molecule has 22 heteroatoms. The van der Waals surface area contributed by atoms with Gasteiger partial charge in [-0.3, -0.25) is 0 Å². The molecule has 230 valence electrons. The van der Waals surface area contributed by atoms with Crippen LogP contribution in [0.3, 0.4) is 0 Å². The molecule has 0 saturated heterocycles. The molecule has 0 heterocycles. The summed E-state index contributed by atoms with van der Waals surface area (Å²) in [6.45, 7) is 1.10. The van der Waals surface area contributed by atoms with E-state index in [1.807, 2.05) is 0 Å². The van der Waals surface area contributed by atoms with Crippen LogP contribution in [0.15, 0.2) is 0 Å². The van der Waals surface area contributed by atoms with Gasteiger partial charge < -0.3 is 13.3 Å². The minimum Gasteiger partial charge on any atom is -0.372 e. The number of hydrogen-bond donors (Lipinski definition) is 0. The molecule has 0 aliphatic rings. The van der Waals surface area contributed by atoms with Gasteiger partial charge in [0.25, 0.3) is 0 Å². The van der Waals surface area contributed by atoms with Crippen molar-refractivity contribution >= 4 is 8.80 Å². The zero-order chi connectivity index (χ0) is 31.0. The largest absolute Gasteiger partial charge is 0.537 e. The Kier molecular flexibility index (Phi) is 10.7. The molecule has 1 atom stereocenters. The summed E-state index contributed by atoms with van der Waals surface area (Å²) in [6.07, 6.45) is -11.2. The van der Waals surface area contributed by atoms with E-state index in [1.165, 1.54) is 0 Å². The Morgan fingerprint density at radius 3 is 1.00 bits per heavy atom. The van der Waals surface area contributed by atoms with Crippen LogP contribution in [0.5, 0.6) is 0 Å². The SMILES string of the molecule is CCO[Si](OCC)(OCC)C(F)CC(F)(F)C(F)(F)C(F)(F)C(F)(F)C(F)(F)C(F)(F)C(F)(F)C(F)(F)F.